The molecule has 0 unspecified atom stereocenters. The van der Waals surface area contributed by atoms with Crippen LogP contribution in [0.5, 0.6) is 0 Å². The molecule has 0 spiro atoms. The zero-order valence-electron chi connectivity index (χ0n) is 11.4. The number of aryl methyl sites for hydroxylation is 2. The summed E-state index contributed by atoms with van der Waals surface area (Å²) in [5, 5.41) is 4.49. The lowest BCUT2D eigenvalue weighted by molar-refractivity contribution is 0.576. The summed E-state index contributed by atoms with van der Waals surface area (Å²) in [6.45, 7) is 11.1. The Morgan fingerprint density at radius 1 is 1.47 bits per heavy atom. The second kappa shape index (κ2) is 5.31. The van der Waals surface area contributed by atoms with Gasteiger partial charge in [-0.1, -0.05) is 6.92 Å². The van der Waals surface area contributed by atoms with Gasteiger partial charge >= 0.3 is 0 Å². The predicted molar refractivity (Wildman–Crippen MR) is 70.9 cm³/mol. The SMILES string of the molecule is CCc1cc(C(=NC(C)(C)C)NN)n(CC)n1. The van der Waals surface area contributed by atoms with Crippen LogP contribution in [0.15, 0.2) is 11.1 Å². The summed E-state index contributed by atoms with van der Waals surface area (Å²) in [4.78, 5) is 4.57. The molecule has 1 aromatic rings. The van der Waals surface area contributed by atoms with E-state index in [0.717, 1.165) is 24.4 Å². The van der Waals surface area contributed by atoms with E-state index in [9.17, 15) is 0 Å². The van der Waals surface area contributed by atoms with Crippen LogP contribution in [0.2, 0.25) is 0 Å². The highest BCUT2D eigenvalue weighted by Gasteiger charge is 2.15. The molecule has 17 heavy (non-hydrogen) atoms. The number of aliphatic imine (C=N–C) groups is 1. The summed E-state index contributed by atoms with van der Waals surface area (Å²) >= 11 is 0. The Balaban J connectivity index is 3.20. The Bertz CT molecular complexity index is 398. The highest BCUT2D eigenvalue weighted by Crippen LogP contribution is 2.11. The highest BCUT2D eigenvalue weighted by molar-refractivity contribution is 5.97. The molecule has 0 atom stereocenters. The monoisotopic (exact) mass is 237 g/mol. The third-order valence-corrected chi connectivity index (χ3v) is 2.32. The molecule has 1 rings (SSSR count). The van der Waals surface area contributed by atoms with Crippen LogP contribution in [0.1, 0.15) is 46.0 Å². The average molecular weight is 237 g/mol. The number of amidine groups is 1. The fourth-order valence-corrected chi connectivity index (χ4v) is 1.57. The van der Waals surface area contributed by atoms with Gasteiger partial charge in [-0.3, -0.25) is 9.67 Å². The Morgan fingerprint density at radius 3 is 2.53 bits per heavy atom. The molecule has 0 aliphatic heterocycles. The number of nitrogens with one attached hydrogen (secondary N) is 1. The van der Waals surface area contributed by atoms with Gasteiger partial charge in [-0.15, -0.1) is 0 Å². The molecule has 0 aliphatic rings. The third kappa shape index (κ3) is 3.56. The first-order valence-electron chi connectivity index (χ1n) is 6.04. The van der Waals surface area contributed by atoms with E-state index in [-0.39, 0.29) is 5.54 Å². The van der Waals surface area contributed by atoms with Gasteiger partial charge in [-0.2, -0.15) is 5.10 Å². The Hall–Kier alpha value is -1.36. The Morgan fingerprint density at radius 2 is 2.12 bits per heavy atom. The van der Waals surface area contributed by atoms with E-state index < -0.39 is 0 Å². The van der Waals surface area contributed by atoms with Crippen molar-refractivity contribution in [2.24, 2.45) is 10.8 Å². The zero-order valence-corrected chi connectivity index (χ0v) is 11.4. The maximum Gasteiger partial charge on any atom is 0.161 e. The minimum Gasteiger partial charge on any atom is -0.307 e. The van der Waals surface area contributed by atoms with Crippen molar-refractivity contribution in [2.45, 2.75) is 53.1 Å². The Labute approximate surface area is 103 Å². The normalized spacial score (nSPS) is 12.9. The molecule has 0 radical (unpaired) electrons. The maximum absolute atomic E-state index is 5.56. The molecule has 0 saturated heterocycles. The van der Waals surface area contributed by atoms with Crippen LogP contribution in [0.25, 0.3) is 0 Å². The second-order valence-corrected chi connectivity index (χ2v) is 4.97. The lowest BCUT2D eigenvalue weighted by Gasteiger charge is -2.16. The van der Waals surface area contributed by atoms with Gasteiger partial charge in [0.05, 0.1) is 11.2 Å². The van der Waals surface area contributed by atoms with Crippen LogP contribution in [-0.2, 0) is 13.0 Å². The molecule has 3 N–H and O–H groups in total. The molecular weight excluding hydrogens is 214 g/mol. The molecule has 0 bridgehead atoms. The van der Waals surface area contributed by atoms with Crippen LogP contribution in [0.3, 0.4) is 0 Å². The molecule has 0 amide bonds. The molecule has 5 heteroatoms. The van der Waals surface area contributed by atoms with E-state index in [0.29, 0.717) is 5.84 Å². The largest absolute Gasteiger partial charge is 0.307 e. The van der Waals surface area contributed by atoms with E-state index in [1.165, 1.54) is 0 Å². The van der Waals surface area contributed by atoms with E-state index in [4.69, 9.17) is 5.84 Å². The van der Waals surface area contributed by atoms with E-state index >= 15 is 0 Å². The minimum atomic E-state index is -0.170. The van der Waals surface area contributed by atoms with Crippen molar-refractivity contribution in [1.29, 1.82) is 0 Å². The lowest BCUT2D eigenvalue weighted by Crippen LogP contribution is -2.35. The summed E-state index contributed by atoms with van der Waals surface area (Å²) in [6, 6.07) is 2.04. The van der Waals surface area contributed by atoms with Crippen LogP contribution < -0.4 is 11.3 Å². The molecule has 96 valence electrons. The first-order chi connectivity index (χ1) is 7.91. The van der Waals surface area contributed by atoms with Gasteiger partial charge in [-0.05, 0) is 40.2 Å². The molecule has 5 nitrogen and oxygen atoms in total. The maximum atomic E-state index is 5.56. The summed E-state index contributed by atoms with van der Waals surface area (Å²) in [7, 11) is 0. The van der Waals surface area contributed by atoms with Gasteiger partial charge in [0.25, 0.3) is 0 Å². The minimum absolute atomic E-state index is 0.170. The van der Waals surface area contributed by atoms with Crippen LogP contribution in [0.4, 0.5) is 0 Å². The number of hydrogen-bond acceptors (Lipinski definition) is 3. The number of rotatable bonds is 3. The fourth-order valence-electron chi connectivity index (χ4n) is 1.57. The molecule has 1 aromatic heterocycles. The van der Waals surface area contributed by atoms with Crippen molar-refractivity contribution in [3.63, 3.8) is 0 Å². The van der Waals surface area contributed by atoms with Gasteiger partial charge < -0.3 is 5.43 Å². The van der Waals surface area contributed by atoms with Gasteiger partial charge in [0.2, 0.25) is 0 Å². The van der Waals surface area contributed by atoms with Gasteiger partial charge in [0.1, 0.15) is 5.69 Å². The van der Waals surface area contributed by atoms with Gasteiger partial charge in [0.15, 0.2) is 5.84 Å². The second-order valence-electron chi connectivity index (χ2n) is 4.97. The number of nitrogens with two attached hydrogens (primary N) is 1. The smallest absolute Gasteiger partial charge is 0.161 e. The van der Waals surface area contributed by atoms with Crippen LogP contribution in [0, 0.1) is 0 Å². The number of nitrogens with zero attached hydrogens (tertiary/aromatic N) is 3. The van der Waals surface area contributed by atoms with Gasteiger partial charge in [-0.25, -0.2) is 5.84 Å². The molecule has 1 heterocycles. The van der Waals surface area contributed by atoms with E-state index in [1.54, 1.807) is 0 Å². The summed E-state index contributed by atoms with van der Waals surface area (Å²) in [5.41, 5.74) is 4.51. The molecule has 0 aromatic carbocycles. The molecular formula is C12H23N5. The summed E-state index contributed by atoms with van der Waals surface area (Å²) < 4.78 is 1.92. The first-order valence-corrected chi connectivity index (χ1v) is 6.04. The number of hydrazine groups is 1. The quantitative estimate of drug-likeness (QED) is 0.362. The van der Waals surface area contributed by atoms with Crippen molar-refractivity contribution in [1.82, 2.24) is 15.2 Å². The van der Waals surface area contributed by atoms with Crippen molar-refractivity contribution in [2.75, 3.05) is 0 Å². The predicted octanol–water partition coefficient (Wildman–Crippen LogP) is 1.47. The molecule has 0 fully saturated rings. The molecule has 0 aliphatic carbocycles. The van der Waals surface area contributed by atoms with E-state index in [1.807, 2.05) is 31.5 Å². The van der Waals surface area contributed by atoms with Crippen molar-refractivity contribution in [3.05, 3.63) is 17.5 Å². The first kappa shape index (κ1) is 13.7. The van der Waals surface area contributed by atoms with Gasteiger partial charge in [0, 0.05) is 6.54 Å². The summed E-state index contributed by atoms with van der Waals surface area (Å²) in [5.74, 6) is 6.25. The average Bonchev–Trinajstić information content (AvgIpc) is 2.67. The van der Waals surface area contributed by atoms with Crippen LogP contribution in [-0.4, -0.2) is 21.2 Å². The Kier molecular flexibility index (Phi) is 4.28. The topological polar surface area (TPSA) is 68.2 Å². The van der Waals surface area contributed by atoms with E-state index in [2.05, 4.69) is 29.4 Å². The number of hydrogen-bond donors (Lipinski definition) is 2. The standard InChI is InChI=1S/C12H23N5/c1-6-9-8-10(17(7-2)16-9)11(15-13)14-12(3,4)5/h8H,6-7,13H2,1-5H3,(H,14,15). The fraction of sp³-hybridized carbons (Fsp3) is 0.667. The van der Waals surface area contributed by atoms with Crippen molar-refractivity contribution < 1.29 is 0 Å². The van der Waals surface area contributed by atoms with Crippen LogP contribution >= 0.6 is 0 Å². The lowest BCUT2D eigenvalue weighted by atomic mass is 10.1. The molecule has 0 saturated carbocycles. The third-order valence-electron chi connectivity index (χ3n) is 2.32. The zero-order chi connectivity index (χ0) is 13.1. The van der Waals surface area contributed by atoms with Crippen molar-refractivity contribution in [3.8, 4) is 0 Å². The summed E-state index contributed by atoms with van der Waals surface area (Å²) in [6.07, 6.45) is 0.910. The number of aromatic nitrogens is 2. The highest BCUT2D eigenvalue weighted by atomic mass is 15.3. The van der Waals surface area contributed by atoms with Crippen molar-refractivity contribution >= 4 is 5.84 Å².